The van der Waals surface area contributed by atoms with E-state index >= 15 is 0 Å². The largest absolute Gasteiger partial charge is 0.379 e. The third-order valence-corrected chi connectivity index (χ3v) is 12.8. The first-order valence-electron chi connectivity index (χ1n) is 19.3. The molecule has 284 valence electrons. The van der Waals surface area contributed by atoms with Gasteiger partial charge in [-0.3, -0.25) is 14.5 Å². The van der Waals surface area contributed by atoms with Gasteiger partial charge in [0.2, 0.25) is 23.7 Å². The number of hydrogen-bond acceptors (Lipinski definition) is 8. The third-order valence-electron chi connectivity index (χ3n) is 12.8. The van der Waals surface area contributed by atoms with Gasteiger partial charge in [0.1, 0.15) is 5.52 Å². The number of benzene rings is 1. The number of ether oxygens (including phenoxy) is 1. The molecule has 2 amide bonds. The molecule has 0 unspecified atom stereocenters. The van der Waals surface area contributed by atoms with Crippen LogP contribution in [0.1, 0.15) is 78.3 Å². The Kier molecular flexibility index (Phi) is 8.17. The predicted molar refractivity (Wildman–Crippen MR) is 201 cm³/mol. The topological polar surface area (TPSA) is 109 Å². The van der Waals surface area contributed by atoms with E-state index in [-0.39, 0.29) is 29.6 Å². The first-order chi connectivity index (χ1) is 25.7. The van der Waals surface area contributed by atoms with Crippen molar-refractivity contribution in [3.8, 4) is 11.3 Å². The molecule has 4 aromatic rings. The zero-order valence-electron chi connectivity index (χ0n) is 31.7. The molecular weight excluding hydrogens is 691 g/mol. The van der Waals surface area contributed by atoms with Crippen molar-refractivity contribution in [2.24, 2.45) is 10.8 Å². The highest BCUT2D eigenvalue weighted by atomic mass is 19.1. The first-order valence-corrected chi connectivity index (χ1v) is 19.3. The number of aromatic nitrogens is 4. The third kappa shape index (κ3) is 5.60. The van der Waals surface area contributed by atoms with Gasteiger partial charge in [-0.25, -0.2) is 9.97 Å². The molecule has 1 aliphatic carbocycles. The Morgan fingerprint density at radius 3 is 2.37 bits per heavy atom. The molecule has 5 aliphatic rings. The van der Waals surface area contributed by atoms with Gasteiger partial charge in [0, 0.05) is 49.0 Å². The Morgan fingerprint density at radius 1 is 0.963 bits per heavy atom. The molecule has 7 heterocycles. The van der Waals surface area contributed by atoms with Crippen LogP contribution in [0.15, 0.2) is 42.7 Å². The molecule has 1 N–H and O–H groups in total. The minimum absolute atomic E-state index is 0.00361. The van der Waals surface area contributed by atoms with Crippen molar-refractivity contribution in [2.45, 2.75) is 90.3 Å². The Bertz CT molecular complexity index is 2170. The number of nitrogens with one attached hydrogen (secondary N) is 1. The number of rotatable bonds is 7. The summed E-state index contributed by atoms with van der Waals surface area (Å²) in [5.41, 5.74) is 3.76. The van der Waals surface area contributed by atoms with Crippen molar-refractivity contribution in [3.05, 3.63) is 60.2 Å². The van der Waals surface area contributed by atoms with Crippen LogP contribution < -0.4 is 10.2 Å². The molecule has 3 aromatic heterocycles. The number of anilines is 3. The summed E-state index contributed by atoms with van der Waals surface area (Å²) in [5.74, 6) is -1.27. The molecule has 4 fully saturated rings. The standard InChI is InChI=1S/C41H48F2N8O3/c1-24(2)50-23-44-31-19-30(46-36(34(31)50)45-29-8-9-33(42)47-35(29)43)25-6-7-28-32(16-25)51(27-17-26(18-27)49-13-10-39(3,4)20-49)38(53)41(28)11-14-48(15-12-41)37(52)40(5)21-54-22-40/h6-9,16,19,23-24,26-27H,10-15,17-18,20-22H2,1-5H3,(H,45,46). The number of carbonyl (C=O) groups excluding carboxylic acids is 2. The lowest BCUT2D eigenvalue weighted by Gasteiger charge is -2.47. The van der Waals surface area contributed by atoms with E-state index in [0.717, 1.165) is 48.8 Å². The fourth-order valence-corrected chi connectivity index (χ4v) is 9.45. The second-order valence-electron chi connectivity index (χ2n) is 17.6. The monoisotopic (exact) mass is 738 g/mol. The van der Waals surface area contributed by atoms with Crippen molar-refractivity contribution in [1.82, 2.24) is 29.3 Å². The number of amides is 2. The van der Waals surface area contributed by atoms with E-state index < -0.39 is 22.7 Å². The highest BCUT2D eigenvalue weighted by Crippen LogP contribution is 2.53. The molecule has 0 radical (unpaired) electrons. The summed E-state index contributed by atoms with van der Waals surface area (Å²) < 4.78 is 35.9. The van der Waals surface area contributed by atoms with Crippen molar-refractivity contribution in [2.75, 3.05) is 49.6 Å². The second kappa shape index (κ2) is 12.5. The Hall–Kier alpha value is -4.49. The van der Waals surface area contributed by atoms with E-state index in [1.54, 1.807) is 6.33 Å². The number of fused-ring (bicyclic) bond motifs is 3. The zero-order valence-corrected chi connectivity index (χ0v) is 31.7. The van der Waals surface area contributed by atoms with E-state index in [1.165, 1.54) is 12.5 Å². The van der Waals surface area contributed by atoms with E-state index in [4.69, 9.17) is 14.7 Å². The zero-order chi connectivity index (χ0) is 37.7. The lowest BCUT2D eigenvalue weighted by molar-refractivity contribution is -0.170. The fraction of sp³-hybridized carbons (Fsp3) is 0.537. The predicted octanol–water partition coefficient (Wildman–Crippen LogP) is 6.60. The highest BCUT2D eigenvalue weighted by molar-refractivity contribution is 6.09. The summed E-state index contributed by atoms with van der Waals surface area (Å²) in [6.45, 7) is 14.8. The van der Waals surface area contributed by atoms with Gasteiger partial charge in [0.05, 0.1) is 47.3 Å². The van der Waals surface area contributed by atoms with E-state index in [2.05, 4.69) is 46.1 Å². The Morgan fingerprint density at radius 2 is 1.72 bits per heavy atom. The minimum Gasteiger partial charge on any atom is -0.379 e. The van der Waals surface area contributed by atoms with Gasteiger partial charge in [-0.15, -0.1) is 0 Å². The van der Waals surface area contributed by atoms with Gasteiger partial charge >= 0.3 is 0 Å². The molecule has 13 heteroatoms. The number of carbonyl (C=O) groups is 2. The molecule has 0 atom stereocenters. The first kappa shape index (κ1) is 35.2. The van der Waals surface area contributed by atoms with Crippen molar-refractivity contribution in [1.29, 1.82) is 0 Å². The minimum atomic E-state index is -0.970. The van der Waals surface area contributed by atoms with Gasteiger partial charge in [0.15, 0.2) is 5.82 Å². The molecule has 11 nitrogen and oxygen atoms in total. The number of nitrogens with zero attached hydrogens (tertiary/aromatic N) is 7. The summed E-state index contributed by atoms with van der Waals surface area (Å²) in [4.78, 5) is 48.1. The summed E-state index contributed by atoms with van der Waals surface area (Å²) in [7, 11) is 0. The van der Waals surface area contributed by atoms with Gasteiger partial charge in [-0.2, -0.15) is 13.8 Å². The normalized spacial score (nSPS) is 24.3. The van der Waals surface area contributed by atoms with Crippen LogP contribution in [0.2, 0.25) is 0 Å². The van der Waals surface area contributed by atoms with Crippen LogP contribution in [0, 0.1) is 22.7 Å². The SMILES string of the molecule is CC(C)n1cnc2cc(-c3ccc4c(c3)N(C3CC(N5CCC(C)(C)C5)C3)C(=O)C43CCN(C(=O)C4(C)COC4)CC3)nc(Nc3ccc(F)nc3F)c21. The van der Waals surface area contributed by atoms with Crippen LogP contribution in [0.25, 0.3) is 22.3 Å². The Balaban J connectivity index is 1.08. The fourth-order valence-electron chi connectivity index (χ4n) is 9.45. The maximum atomic E-state index is 14.9. The number of likely N-dealkylation sites (tertiary alicyclic amines) is 2. The molecule has 3 saturated heterocycles. The average Bonchev–Trinajstić information content (AvgIpc) is 3.77. The molecular formula is C41H48F2N8O3. The second-order valence-corrected chi connectivity index (χ2v) is 17.6. The molecule has 9 rings (SSSR count). The van der Waals surface area contributed by atoms with Crippen LogP contribution in [0.4, 0.5) is 26.0 Å². The molecule has 1 aromatic carbocycles. The van der Waals surface area contributed by atoms with Crippen LogP contribution in [-0.4, -0.2) is 92.6 Å². The smallest absolute Gasteiger partial charge is 0.239 e. The van der Waals surface area contributed by atoms with Crippen LogP contribution in [-0.2, 0) is 19.7 Å². The van der Waals surface area contributed by atoms with Crippen molar-refractivity contribution >= 4 is 40.0 Å². The summed E-state index contributed by atoms with van der Waals surface area (Å²) >= 11 is 0. The number of imidazole rings is 1. The summed E-state index contributed by atoms with van der Waals surface area (Å²) in [6, 6.07) is 11.1. The number of pyridine rings is 2. The molecule has 54 heavy (non-hydrogen) atoms. The highest BCUT2D eigenvalue weighted by Gasteiger charge is 2.57. The van der Waals surface area contributed by atoms with Crippen LogP contribution >= 0.6 is 0 Å². The maximum Gasteiger partial charge on any atom is 0.239 e. The molecule has 1 saturated carbocycles. The van der Waals surface area contributed by atoms with Crippen LogP contribution in [0.3, 0.4) is 0 Å². The van der Waals surface area contributed by atoms with Crippen molar-refractivity contribution < 1.29 is 23.1 Å². The van der Waals surface area contributed by atoms with E-state index in [9.17, 15) is 18.4 Å². The average molecular weight is 739 g/mol. The number of hydrogen-bond donors (Lipinski definition) is 1. The maximum absolute atomic E-state index is 14.9. The molecule has 1 spiro atoms. The van der Waals surface area contributed by atoms with Crippen LogP contribution in [0.5, 0.6) is 0 Å². The van der Waals surface area contributed by atoms with E-state index in [0.29, 0.717) is 73.1 Å². The van der Waals surface area contributed by atoms with Gasteiger partial charge < -0.3 is 24.4 Å². The molecule has 4 aliphatic heterocycles. The molecule has 0 bridgehead atoms. The Labute approximate surface area is 314 Å². The van der Waals surface area contributed by atoms with Gasteiger partial charge in [0.25, 0.3) is 0 Å². The van der Waals surface area contributed by atoms with Gasteiger partial charge in [-0.1, -0.05) is 26.0 Å². The summed E-state index contributed by atoms with van der Waals surface area (Å²) in [6.07, 6.45) is 5.90. The number of piperidine rings is 1. The van der Waals surface area contributed by atoms with Gasteiger partial charge in [-0.05, 0) is 94.7 Å². The van der Waals surface area contributed by atoms with E-state index in [1.807, 2.05) is 42.4 Å². The quantitative estimate of drug-likeness (QED) is 0.212. The lowest BCUT2D eigenvalue weighted by atomic mass is 9.72. The lowest BCUT2D eigenvalue weighted by Crippen LogP contribution is -2.59. The number of halogens is 2. The summed E-state index contributed by atoms with van der Waals surface area (Å²) in [5, 5.41) is 3.07. The van der Waals surface area contributed by atoms with Crippen molar-refractivity contribution in [3.63, 3.8) is 0 Å².